The first-order valence-electron chi connectivity index (χ1n) is 9.12. The van der Waals surface area contributed by atoms with Gasteiger partial charge in [0.05, 0.1) is 23.6 Å². The molecule has 0 saturated carbocycles. The molecule has 1 fully saturated rings. The van der Waals surface area contributed by atoms with E-state index in [1.165, 1.54) is 17.4 Å². The molecule has 0 aliphatic carbocycles. The number of carbonyl (C=O) groups is 1. The van der Waals surface area contributed by atoms with Gasteiger partial charge in [0.25, 0.3) is 5.56 Å². The summed E-state index contributed by atoms with van der Waals surface area (Å²) >= 11 is 0. The summed E-state index contributed by atoms with van der Waals surface area (Å²) < 4.78 is 8.89. The van der Waals surface area contributed by atoms with Gasteiger partial charge in [0, 0.05) is 19.7 Å². The normalized spacial score (nSPS) is 17.3. The lowest BCUT2D eigenvalue weighted by Crippen LogP contribution is -2.32. The van der Waals surface area contributed by atoms with Gasteiger partial charge in [0.2, 0.25) is 5.91 Å². The Morgan fingerprint density at radius 3 is 2.96 bits per heavy atom. The zero-order chi connectivity index (χ0) is 19.8. The minimum absolute atomic E-state index is 0.0832. The molecule has 8 heteroatoms. The van der Waals surface area contributed by atoms with Crippen molar-refractivity contribution in [2.24, 2.45) is 4.99 Å². The van der Waals surface area contributed by atoms with Crippen molar-refractivity contribution in [1.82, 2.24) is 14.0 Å². The number of nitrogens with zero attached hydrogens (tertiary/aromatic N) is 5. The van der Waals surface area contributed by atoms with Gasteiger partial charge in [-0.05, 0) is 37.5 Å². The largest absolute Gasteiger partial charge is 0.376 e. The molecule has 142 valence electrons. The Bertz CT molecular complexity index is 1270. The number of aryl methyl sites for hydroxylation is 1. The van der Waals surface area contributed by atoms with Crippen LogP contribution in [0.1, 0.15) is 30.9 Å². The Balaban J connectivity index is 2.16. The second-order valence-electron chi connectivity index (χ2n) is 6.91. The molecule has 3 aromatic heterocycles. The van der Waals surface area contributed by atoms with E-state index < -0.39 is 5.91 Å². The number of pyridine rings is 2. The molecule has 0 N–H and O–H groups in total. The molecule has 1 aliphatic rings. The molecule has 1 saturated heterocycles. The van der Waals surface area contributed by atoms with Crippen LogP contribution in [0, 0.1) is 18.3 Å². The number of nitriles is 1. The number of fused-ring (bicyclic) bond motifs is 2. The van der Waals surface area contributed by atoms with Crippen molar-refractivity contribution in [2.75, 3.05) is 6.61 Å². The lowest BCUT2D eigenvalue weighted by atomic mass is 10.2. The van der Waals surface area contributed by atoms with Crippen LogP contribution in [0.15, 0.2) is 34.2 Å². The molecule has 0 spiro atoms. The Morgan fingerprint density at radius 2 is 2.29 bits per heavy atom. The zero-order valence-corrected chi connectivity index (χ0v) is 15.7. The van der Waals surface area contributed by atoms with E-state index in [0.717, 1.165) is 18.4 Å². The molecular weight excluding hydrogens is 358 g/mol. The van der Waals surface area contributed by atoms with E-state index in [4.69, 9.17) is 9.72 Å². The Hall–Kier alpha value is -3.31. The van der Waals surface area contributed by atoms with E-state index in [2.05, 4.69) is 11.1 Å². The lowest BCUT2D eigenvalue weighted by molar-refractivity contribution is -0.116. The summed E-state index contributed by atoms with van der Waals surface area (Å²) in [5, 5.41) is 9.93. The van der Waals surface area contributed by atoms with Gasteiger partial charge in [-0.3, -0.25) is 14.0 Å². The summed E-state index contributed by atoms with van der Waals surface area (Å²) in [6.07, 6.45) is 3.37. The van der Waals surface area contributed by atoms with Crippen LogP contribution in [-0.4, -0.2) is 32.6 Å². The van der Waals surface area contributed by atoms with Gasteiger partial charge in [0.1, 0.15) is 17.4 Å². The van der Waals surface area contributed by atoms with Gasteiger partial charge < -0.3 is 9.30 Å². The first kappa shape index (κ1) is 18.1. The summed E-state index contributed by atoms with van der Waals surface area (Å²) in [6.45, 7) is 4.24. The Kier molecular flexibility index (Phi) is 4.53. The molecule has 0 radical (unpaired) electrons. The molecule has 0 bridgehead atoms. The molecule has 1 unspecified atom stereocenters. The summed E-state index contributed by atoms with van der Waals surface area (Å²) in [5.41, 5.74) is 1.87. The highest BCUT2D eigenvalue weighted by molar-refractivity contribution is 5.79. The Morgan fingerprint density at radius 1 is 1.46 bits per heavy atom. The van der Waals surface area contributed by atoms with Crippen LogP contribution in [-0.2, 0) is 16.1 Å². The molecule has 8 nitrogen and oxygen atoms in total. The summed E-state index contributed by atoms with van der Waals surface area (Å²) in [5.74, 6) is -0.425. The quantitative estimate of drug-likeness (QED) is 0.629. The zero-order valence-electron chi connectivity index (χ0n) is 15.7. The van der Waals surface area contributed by atoms with Crippen LogP contribution >= 0.6 is 0 Å². The highest BCUT2D eigenvalue weighted by Crippen LogP contribution is 2.17. The van der Waals surface area contributed by atoms with Crippen LogP contribution in [0.3, 0.4) is 0 Å². The van der Waals surface area contributed by atoms with E-state index in [1.54, 1.807) is 16.8 Å². The molecule has 4 heterocycles. The maximum Gasteiger partial charge on any atom is 0.267 e. The van der Waals surface area contributed by atoms with Crippen molar-refractivity contribution in [1.29, 1.82) is 5.26 Å². The maximum atomic E-state index is 13.1. The number of hydrogen-bond acceptors (Lipinski definition) is 5. The smallest absolute Gasteiger partial charge is 0.267 e. The number of hydrogen-bond donors (Lipinski definition) is 0. The Labute approximate surface area is 160 Å². The van der Waals surface area contributed by atoms with Gasteiger partial charge in [0.15, 0.2) is 5.49 Å². The lowest BCUT2D eigenvalue weighted by Gasteiger charge is -2.17. The fourth-order valence-corrected chi connectivity index (χ4v) is 3.60. The fraction of sp³-hybridized carbons (Fsp3) is 0.350. The predicted octanol–water partition coefficient (Wildman–Crippen LogP) is 1.46. The van der Waals surface area contributed by atoms with Crippen molar-refractivity contribution >= 4 is 22.6 Å². The van der Waals surface area contributed by atoms with Crippen molar-refractivity contribution in [3.05, 3.63) is 51.4 Å². The monoisotopic (exact) mass is 377 g/mol. The molecule has 3 aromatic rings. The topological polar surface area (TPSA) is 102 Å². The molecule has 1 amide bonds. The predicted molar refractivity (Wildman–Crippen MR) is 102 cm³/mol. The number of aromatic nitrogens is 3. The molecule has 1 atom stereocenters. The average molecular weight is 377 g/mol. The third-order valence-corrected chi connectivity index (χ3v) is 4.90. The highest BCUT2D eigenvalue weighted by Gasteiger charge is 2.21. The maximum absolute atomic E-state index is 13.1. The van der Waals surface area contributed by atoms with Crippen LogP contribution < -0.4 is 11.0 Å². The third-order valence-electron chi connectivity index (χ3n) is 4.90. The number of amides is 1. The summed E-state index contributed by atoms with van der Waals surface area (Å²) in [4.78, 5) is 33.6. The van der Waals surface area contributed by atoms with Gasteiger partial charge in [-0.25, -0.2) is 4.98 Å². The van der Waals surface area contributed by atoms with E-state index >= 15 is 0 Å². The summed E-state index contributed by atoms with van der Waals surface area (Å²) in [6, 6.07) is 7.18. The second kappa shape index (κ2) is 7.02. The van der Waals surface area contributed by atoms with Crippen LogP contribution in [0.25, 0.3) is 16.7 Å². The van der Waals surface area contributed by atoms with Crippen molar-refractivity contribution in [3.8, 4) is 6.07 Å². The van der Waals surface area contributed by atoms with Crippen molar-refractivity contribution in [2.45, 2.75) is 39.3 Å². The highest BCUT2D eigenvalue weighted by atomic mass is 16.5. The van der Waals surface area contributed by atoms with Crippen LogP contribution in [0.4, 0.5) is 0 Å². The molecule has 28 heavy (non-hydrogen) atoms. The van der Waals surface area contributed by atoms with E-state index in [1.807, 2.05) is 13.0 Å². The first-order chi connectivity index (χ1) is 13.5. The summed E-state index contributed by atoms with van der Waals surface area (Å²) in [7, 11) is 0. The van der Waals surface area contributed by atoms with E-state index in [-0.39, 0.29) is 22.7 Å². The van der Waals surface area contributed by atoms with Gasteiger partial charge in [-0.2, -0.15) is 10.3 Å². The molecule has 4 rings (SSSR count). The van der Waals surface area contributed by atoms with Gasteiger partial charge in [-0.1, -0.05) is 6.07 Å². The van der Waals surface area contributed by atoms with Crippen molar-refractivity contribution < 1.29 is 9.53 Å². The van der Waals surface area contributed by atoms with Crippen LogP contribution in [0.5, 0.6) is 0 Å². The second-order valence-corrected chi connectivity index (χ2v) is 6.91. The van der Waals surface area contributed by atoms with Gasteiger partial charge in [-0.15, -0.1) is 0 Å². The number of rotatable bonds is 2. The van der Waals surface area contributed by atoms with Crippen LogP contribution in [0.2, 0.25) is 0 Å². The fourth-order valence-electron chi connectivity index (χ4n) is 3.60. The standard InChI is InChI=1S/C20H19N5O3/c1-12-5-3-7-24-17(12)23-19-16(20(24)27)9-14(10-21)18(22-13(2)26)25(19)11-15-6-4-8-28-15/h3,5,7,9,15H,4,6,8,11H2,1-2H3. The SMILES string of the molecule is CC(=O)N=c1c(C#N)cc2c(=O)n3cccc(C)c3nc2n1CC1CCCO1. The number of carbonyl (C=O) groups excluding carboxylic acids is 1. The minimum atomic E-state index is -0.425. The van der Waals surface area contributed by atoms with E-state index in [9.17, 15) is 14.9 Å². The number of ether oxygens (including phenoxy) is 1. The molecule has 0 aromatic carbocycles. The van der Waals surface area contributed by atoms with Crippen molar-refractivity contribution in [3.63, 3.8) is 0 Å². The minimum Gasteiger partial charge on any atom is -0.376 e. The first-order valence-corrected chi connectivity index (χ1v) is 9.12. The molecular formula is C20H19N5O3. The van der Waals surface area contributed by atoms with E-state index in [0.29, 0.717) is 29.8 Å². The third kappa shape index (κ3) is 3.00. The average Bonchev–Trinajstić information content (AvgIpc) is 3.17. The molecule has 1 aliphatic heterocycles. The van der Waals surface area contributed by atoms with Gasteiger partial charge >= 0.3 is 0 Å².